The fraction of sp³-hybridized carbons (Fsp3) is 0.381. The number of rotatable bonds is 2. The summed E-state index contributed by atoms with van der Waals surface area (Å²) in [6.07, 6.45) is 3.43. The second-order valence-electron chi connectivity index (χ2n) is 7.55. The first-order valence-corrected chi connectivity index (χ1v) is 8.84. The molecule has 1 aliphatic heterocycles. The van der Waals surface area contributed by atoms with Crippen LogP contribution in [0.1, 0.15) is 24.8 Å². The summed E-state index contributed by atoms with van der Waals surface area (Å²) in [5.41, 5.74) is 1.74. The van der Waals surface area contributed by atoms with Gasteiger partial charge in [-0.3, -0.25) is 0 Å². The molecule has 3 aromatic rings. The lowest BCUT2D eigenvalue weighted by molar-refractivity contribution is -0.0202. The molecule has 2 heterocycles. The number of hydrogen-bond acceptors (Lipinski definition) is 4. The Labute approximate surface area is 145 Å². The summed E-state index contributed by atoms with van der Waals surface area (Å²) in [6, 6.07) is 11.7. The van der Waals surface area contributed by atoms with Crippen molar-refractivity contribution in [2.45, 2.75) is 32.3 Å². The van der Waals surface area contributed by atoms with Crippen molar-refractivity contribution in [1.29, 1.82) is 0 Å². The van der Waals surface area contributed by atoms with Crippen LogP contribution in [0.3, 0.4) is 0 Å². The van der Waals surface area contributed by atoms with Gasteiger partial charge in [0, 0.05) is 22.8 Å². The maximum absolute atomic E-state index is 12.4. The number of aryl methyl sites for hydroxylation is 1. The summed E-state index contributed by atoms with van der Waals surface area (Å²) in [4.78, 5) is 12.4. The summed E-state index contributed by atoms with van der Waals surface area (Å²) in [7, 11) is 0. The van der Waals surface area contributed by atoms with Crippen LogP contribution in [0.4, 0.5) is 0 Å². The van der Waals surface area contributed by atoms with Crippen molar-refractivity contribution in [3.05, 3.63) is 52.4 Å². The van der Waals surface area contributed by atoms with Gasteiger partial charge in [-0.2, -0.15) is 0 Å². The second-order valence-corrected chi connectivity index (χ2v) is 7.55. The molecule has 2 aromatic carbocycles. The average molecular weight is 336 g/mol. The molecule has 4 nitrogen and oxygen atoms in total. The number of ether oxygens (including phenoxy) is 2. The summed E-state index contributed by atoms with van der Waals surface area (Å²) in [5.74, 6) is 0.741. The highest BCUT2D eigenvalue weighted by molar-refractivity contribution is 6.04. The SMILES string of the molecule is Cc1ccc2c(c1)oc(=O)c1cc(OC3CC4(CCOC4)C3)ccc12. The quantitative estimate of drug-likeness (QED) is 0.520. The van der Waals surface area contributed by atoms with Crippen LogP contribution in [0.2, 0.25) is 0 Å². The van der Waals surface area contributed by atoms with Gasteiger partial charge in [0.05, 0.1) is 18.1 Å². The fourth-order valence-electron chi connectivity index (χ4n) is 4.25. The van der Waals surface area contributed by atoms with Crippen molar-refractivity contribution < 1.29 is 13.9 Å². The Kier molecular flexibility index (Phi) is 3.19. The van der Waals surface area contributed by atoms with Gasteiger partial charge in [-0.15, -0.1) is 0 Å². The van der Waals surface area contributed by atoms with Crippen molar-refractivity contribution in [3.63, 3.8) is 0 Å². The topological polar surface area (TPSA) is 48.7 Å². The Bertz CT molecular complexity index is 1020. The number of benzene rings is 2. The Hall–Kier alpha value is -2.33. The molecule has 0 radical (unpaired) electrons. The minimum Gasteiger partial charge on any atom is -0.490 e. The van der Waals surface area contributed by atoms with Gasteiger partial charge in [0.1, 0.15) is 11.3 Å². The van der Waals surface area contributed by atoms with Crippen LogP contribution in [0.5, 0.6) is 5.75 Å². The van der Waals surface area contributed by atoms with E-state index in [4.69, 9.17) is 13.9 Å². The standard InChI is InChI=1S/C21H20O4/c1-13-2-4-17-16-5-3-14(9-18(16)20(22)25-19(17)8-13)24-15-10-21(11-15)6-7-23-12-21/h2-5,8-9,15H,6-7,10-12H2,1H3. The third kappa shape index (κ3) is 2.44. The van der Waals surface area contributed by atoms with E-state index in [0.717, 1.165) is 54.6 Å². The highest BCUT2D eigenvalue weighted by Crippen LogP contribution is 2.48. The molecule has 25 heavy (non-hydrogen) atoms. The molecule has 0 bridgehead atoms. The van der Waals surface area contributed by atoms with Crippen LogP contribution in [0.25, 0.3) is 21.7 Å². The lowest BCUT2D eigenvalue weighted by atomic mass is 9.66. The Balaban J connectivity index is 1.47. The van der Waals surface area contributed by atoms with E-state index in [-0.39, 0.29) is 11.7 Å². The van der Waals surface area contributed by atoms with E-state index in [2.05, 4.69) is 0 Å². The molecule has 2 fully saturated rings. The van der Waals surface area contributed by atoms with Gasteiger partial charge in [-0.25, -0.2) is 4.79 Å². The van der Waals surface area contributed by atoms with E-state index in [1.165, 1.54) is 0 Å². The van der Waals surface area contributed by atoms with Crippen molar-refractivity contribution in [2.75, 3.05) is 13.2 Å². The van der Waals surface area contributed by atoms with Crippen molar-refractivity contribution >= 4 is 21.7 Å². The number of fused-ring (bicyclic) bond motifs is 3. The van der Waals surface area contributed by atoms with Crippen LogP contribution in [0.15, 0.2) is 45.6 Å². The molecule has 128 valence electrons. The number of hydrogen-bond donors (Lipinski definition) is 0. The van der Waals surface area contributed by atoms with Gasteiger partial charge >= 0.3 is 5.63 Å². The van der Waals surface area contributed by atoms with Crippen LogP contribution in [-0.2, 0) is 4.74 Å². The maximum atomic E-state index is 12.4. The van der Waals surface area contributed by atoms with Gasteiger partial charge in [-0.1, -0.05) is 12.1 Å². The first-order valence-electron chi connectivity index (χ1n) is 8.84. The lowest BCUT2D eigenvalue weighted by Crippen LogP contribution is -2.44. The maximum Gasteiger partial charge on any atom is 0.344 e. The Morgan fingerprint density at radius 3 is 2.72 bits per heavy atom. The predicted octanol–water partition coefficient (Wildman–Crippen LogP) is 4.20. The molecule has 0 amide bonds. The van der Waals surface area contributed by atoms with Crippen molar-refractivity contribution in [2.24, 2.45) is 5.41 Å². The highest BCUT2D eigenvalue weighted by atomic mass is 16.5. The third-order valence-corrected chi connectivity index (χ3v) is 5.65. The van der Waals surface area contributed by atoms with Gasteiger partial charge < -0.3 is 13.9 Å². The van der Waals surface area contributed by atoms with E-state index in [9.17, 15) is 4.79 Å². The summed E-state index contributed by atoms with van der Waals surface area (Å²) in [6.45, 7) is 3.72. The van der Waals surface area contributed by atoms with E-state index in [1.54, 1.807) is 0 Å². The molecule has 5 rings (SSSR count). The van der Waals surface area contributed by atoms with Crippen LogP contribution in [0, 0.1) is 12.3 Å². The minimum absolute atomic E-state index is 0.217. The van der Waals surface area contributed by atoms with E-state index < -0.39 is 0 Å². The Morgan fingerprint density at radius 1 is 1.08 bits per heavy atom. The smallest absolute Gasteiger partial charge is 0.344 e. The van der Waals surface area contributed by atoms with Crippen LogP contribution >= 0.6 is 0 Å². The Morgan fingerprint density at radius 2 is 1.92 bits per heavy atom. The van der Waals surface area contributed by atoms with E-state index >= 15 is 0 Å². The largest absolute Gasteiger partial charge is 0.490 e. The molecule has 0 N–H and O–H groups in total. The van der Waals surface area contributed by atoms with Crippen LogP contribution < -0.4 is 10.4 Å². The summed E-state index contributed by atoms with van der Waals surface area (Å²) in [5, 5.41) is 2.44. The second kappa shape index (κ2) is 5.33. The molecule has 0 atom stereocenters. The zero-order chi connectivity index (χ0) is 17.0. The average Bonchev–Trinajstić information content (AvgIpc) is 3.04. The molecule has 1 spiro atoms. The molecule has 4 heteroatoms. The molecule has 1 aliphatic carbocycles. The molecular weight excluding hydrogens is 316 g/mol. The first kappa shape index (κ1) is 15.0. The molecule has 1 saturated heterocycles. The van der Waals surface area contributed by atoms with Gasteiger partial charge in [0.15, 0.2) is 0 Å². The fourth-order valence-corrected chi connectivity index (χ4v) is 4.25. The third-order valence-electron chi connectivity index (χ3n) is 5.65. The predicted molar refractivity (Wildman–Crippen MR) is 96.2 cm³/mol. The molecule has 1 aromatic heterocycles. The highest BCUT2D eigenvalue weighted by Gasteiger charge is 2.48. The van der Waals surface area contributed by atoms with E-state index in [0.29, 0.717) is 16.4 Å². The normalized spacial score (nSPS) is 25.6. The molecule has 2 aliphatic rings. The zero-order valence-corrected chi connectivity index (χ0v) is 14.2. The summed E-state index contributed by atoms with van der Waals surface area (Å²) < 4.78 is 17.1. The summed E-state index contributed by atoms with van der Waals surface area (Å²) >= 11 is 0. The van der Waals surface area contributed by atoms with Gasteiger partial charge in [0.25, 0.3) is 0 Å². The van der Waals surface area contributed by atoms with Crippen LogP contribution in [-0.4, -0.2) is 19.3 Å². The van der Waals surface area contributed by atoms with E-state index in [1.807, 2.05) is 43.3 Å². The van der Waals surface area contributed by atoms with Gasteiger partial charge in [0.2, 0.25) is 0 Å². The first-order chi connectivity index (χ1) is 12.1. The lowest BCUT2D eigenvalue weighted by Gasteiger charge is -2.43. The minimum atomic E-state index is -0.312. The monoisotopic (exact) mass is 336 g/mol. The van der Waals surface area contributed by atoms with Crippen molar-refractivity contribution in [3.8, 4) is 5.75 Å². The molecular formula is C21H20O4. The van der Waals surface area contributed by atoms with Crippen molar-refractivity contribution in [1.82, 2.24) is 0 Å². The molecule has 0 unspecified atom stereocenters. The zero-order valence-electron chi connectivity index (χ0n) is 14.2. The van der Waals surface area contributed by atoms with Gasteiger partial charge in [-0.05, 0) is 56.0 Å². The molecule has 1 saturated carbocycles.